The Balaban J connectivity index is 2.98. The smallest absolute Gasteiger partial charge is 0.394 e. The molecule has 0 aromatic heterocycles. The summed E-state index contributed by atoms with van der Waals surface area (Å²) in [6.45, 7) is 10.6. The van der Waals surface area contributed by atoms with Crippen molar-refractivity contribution in [2.24, 2.45) is 0 Å². The van der Waals surface area contributed by atoms with Crippen LogP contribution < -0.4 is 5.32 Å². The number of aryl methyl sites for hydroxylation is 2. The minimum atomic E-state index is -1.46. The summed E-state index contributed by atoms with van der Waals surface area (Å²) in [6.07, 6.45) is 0. The number of benzene rings is 1. The predicted octanol–water partition coefficient (Wildman–Crippen LogP) is 2.30. The van der Waals surface area contributed by atoms with Crippen LogP contribution >= 0.6 is 0 Å². The lowest BCUT2D eigenvalue weighted by Gasteiger charge is -2.22. The minimum Gasteiger partial charge on any atom is -0.474 e. The highest BCUT2D eigenvalue weighted by molar-refractivity contribution is 6.31. The second-order valence-corrected chi connectivity index (χ2v) is 5.83. The molecule has 0 heterocycles. The molecule has 104 valence electrons. The third-order valence-electron chi connectivity index (χ3n) is 3.18. The van der Waals surface area contributed by atoms with Gasteiger partial charge in [-0.25, -0.2) is 4.79 Å². The SMILES string of the molecule is Cc1cc(C(C)(C)C)cc(C)c1CNC(=O)C(=O)O. The van der Waals surface area contributed by atoms with E-state index in [1.807, 2.05) is 13.8 Å². The van der Waals surface area contributed by atoms with Crippen LogP contribution in [0.3, 0.4) is 0 Å². The van der Waals surface area contributed by atoms with Gasteiger partial charge in [-0.05, 0) is 41.5 Å². The molecule has 1 aromatic rings. The van der Waals surface area contributed by atoms with E-state index in [2.05, 4.69) is 38.2 Å². The topological polar surface area (TPSA) is 66.4 Å². The van der Waals surface area contributed by atoms with Crippen LogP contribution in [0.5, 0.6) is 0 Å². The van der Waals surface area contributed by atoms with Crippen molar-refractivity contribution in [3.05, 3.63) is 34.4 Å². The molecule has 0 unspecified atom stereocenters. The number of amides is 1. The summed E-state index contributed by atoms with van der Waals surface area (Å²) in [5.74, 6) is -2.43. The highest BCUT2D eigenvalue weighted by Gasteiger charge is 2.17. The zero-order chi connectivity index (χ0) is 14.8. The van der Waals surface area contributed by atoms with Crippen molar-refractivity contribution in [1.82, 2.24) is 5.32 Å². The molecule has 2 N–H and O–H groups in total. The van der Waals surface area contributed by atoms with Gasteiger partial charge in [0.15, 0.2) is 0 Å². The number of rotatable bonds is 2. The van der Waals surface area contributed by atoms with Gasteiger partial charge in [-0.1, -0.05) is 32.9 Å². The molecule has 4 nitrogen and oxygen atoms in total. The zero-order valence-corrected chi connectivity index (χ0v) is 12.1. The number of aliphatic carboxylic acids is 1. The Morgan fingerprint density at radius 1 is 1.16 bits per heavy atom. The van der Waals surface area contributed by atoms with E-state index in [1.54, 1.807) is 0 Å². The highest BCUT2D eigenvalue weighted by Crippen LogP contribution is 2.26. The third-order valence-corrected chi connectivity index (χ3v) is 3.18. The average molecular weight is 263 g/mol. The molecule has 19 heavy (non-hydrogen) atoms. The molecular weight excluding hydrogens is 242 g/mol. The monoisotopic (exact) mass is 263 g/mol. The fraction of sp³-hybridized carbons (Fsp3) is 0.467. The molecule has 0 aliphatic rings. The molecule has 0 fully saturated rings. The first-order chi connectivity index (χ1) is 8.62. The first-order valence-corrected chi connectivity index (χ1v) is 6.24. The maximum atomic E-state index is 11.1. The molecule has 1 amide bonds. The normalized spacial score (nSPS) is 11.2. The number of carboxylic acid groups (broad SMARTS) is 1. The maximum absolute atomic E-state index is 11.1. The van der Waals surface area contributed by atoms with Gasteiger partial charge in [0.25, 0.3) is 0 Å². The Labute approximate surface area is 113 Å². The summed E-state index contributed by atoms with van der Waals surface area (Å²) in [4.78, 5) is 21.5. The molecule has 0 radical (unpaired) electrons. The van der Waals surface area contributed by atoms with Gasteiger partial charge < -0.3 is 10.4 Å². The molecule has 0 aliphatic heterocycles. The zero-order valence-electron chi connectivity index (χ0n) is 12.1. The fourth-order valence-corrected chi connectivity index (χ4v) is 1.95. The van der Waals surface area contributed by atoms with Crippen molar-refractivity contribution in [2.45, 2.75) is 46.6 Å². The van der Waals surface area contributed by atoms with Crippen LogP contribution in [0.25, 0.3) is 0 Å². The molecule has 1 rings (SSSR count). The van der Waals surface area contributed by atoms with Crippen molar-refractivity contribution in [1.29, 1.82) is 0 Å². The van der Waals surface area contributed by atoms with Crippen LogP contribution in [-0.2, 0) is 21.5 Å². The fourth-order valence-electron chi connectivity index (χ4n) is 1.95. The van der Waals surface area contributed by atoms with Crippen molar-refractivity contribution < 1.29 is 14.7 Å². The molecule has 0 atom stereocenters. The van der Waals surface area contributed by atoms with E-state index < -0.39 is 11.9 Å². The van der Waals surface area contributed by atoms with Crippen LogP contribution in [0.2, 0.25) is 0 Å². The van der Waals surface area contributed by atoms with E-state index in [0.29, 0.717) is 0 Å². The Hall–Kier alpha value is -1.84. The first kappa shape index (κ1) is 15.2. The van der Waals surface area contributed by atoms with Crippen LogP contribution in [0.4, 0.5) is 0 Å². The van der Waals surface area contributed by atoms with E-state index in [4.69, 9.17) is 5.11 Å². The summed E-state index contributed by atoms with van der Waals surface area (Å²) in [7, 11) is 0. The van der Waals surface area contributed by atoms with Crippen molar-refractivity contribution in [2.75, 3.05) is 0 Å². The molecule has 0 spiro atoms. The first-order valence-electron chi connectivity index (χ1n) is 6.24. The van der Waals surface area contributed by atoms with Gasteiger partial charge in [-0.2, -0.15) is 0 Å². The molecule has 0 bridgehead atoms. The number of nitrogens with one attached hydrogen (secondary N) is 1. The number of carbonyl (C=O) groups is 2. The number of carbonyl (C=O) groups excluding carboxylic acids is 1. The molecule has 4 heteroatoms. The third kappa shape index (κ3) is 3.81. The predicted molar refractivity (Wildman–Crippen MR) is 74.1 cm³/mol. The van der Waals surface area contributed by atoms with Gasteiger partial charge >= 0.3 is 11.9 Å². The van der Waals surface area contributed by atoms with E-state index in [0.717, 1.165) is 16.7 Å². The number of carboxylic acids is 1. The molecular formula is C15H21NO3. The minimum absolute atomic E-state index is 0.0678. The Morgan fingerprint density at radius 3 is 2.00 bits per heavy atom. The molecule has 0 saturated carbocycles. The summed E-state index contributed by atoms with van der Waals surface area (Å²) in [5, 5.41) is 10.9. The largest absolute Gasteiger partial charge is 0.474 e. The summed E-state index contributed by atoms with van der Waals surface area (Å²) >= 11 is 0. The van der Waals surface area contributed by atoms with E-state index in [-0.39, 0.29) is 12.0 Å². The van der Waals surface area contributed by atoms with Gasteiger partial charge in [0.1, 0.15) is 0 Å². The lowest BCUT2D eigenvalue weighted by atomic mass is 9.84. The number of hydrogen-bond donors (Lipinski definition) is 2. The summed E-state index contributed by atoms with van der Waals surface area (Å²) < 4.78 is 0. The standard InChI is InChI=1S/C15H21NO3/c1-9-6-11(15(3,4)5)7-10(2)12(9)8-16-13(17)14(18)19/h6-7H,8H2,1-5H3,(H,16,17)(H,18,19). The second-order valence-electron chi connectivity index (χ2n) is 5.83. The van der Waals surface area contributed by atoms with Gasteiger partial charge in [-0.15, -0.1) is 0 Å². The Morgan fingerprint density at radius 2 is 1.63 bits per heavy atom. The van der Waals surface area contributed by atoms with Crippen molar-refractivity contribution in [3.8, 4) is 0 Å². The van der Waals surface area contributed by atoms with Gasteiger partial charge in [-0.3, -0.25) is 4.79 Å². The maximum Gasteiger partial charge on any atom is 0.394 e. The molecule has 0 saturated heterocycles. The highest BCUT2D eigenvalue weighted by atomic mass is 16.4. The van der Waals surface area contributed by atoms with Gasteiger partial charge in [0.05, 0.1) is 0 Å². The van der Waals surface area contributed by atoms with Crippen LogP contribution in [0.15, 0.2) is 12.1 Å². The van der Waals surface area contributed by atoms with E-state index >= 15 is 0 Å². The summed E-state index contributed by atoms with van der Waals surface area (Å²) in [6, 6.07) is 4.19. The van der Waals surface area contributed by atoms with Crippen molar-refractivity contribution >= 4 is 11.9 Å². The Kier molecular flexibility index (Phi) is 4.35. The lowest BCUT2D eigenvalue weighted by Crippen LogP contribution is -2.30. The van der Waals surface area contributed by atoms with Crippen LogP contribution in [0.1, 0.15) is 43.0 Å². The Bertz CT molecular complexity index is 490. The second kappa shape index (κ2) is 5.43. The quantitative estimate of drug-likeness (QED) is 0.805. The molecule has 0 aliphatic carbocycles. The molecule has 1 aromatic carbocycles. The summed E-state index contributed by atoms with van der Waals surface area (Å²) in [5.41, 5.74) is 4.41. The lowest BCUT2D eigenvalue weighted by molar-refractivity contribution is -0.150. The van der Waals surface area contributed by atoms with Gasteiger partial charge in [0, 0.05) is 6.54 Å². The van der Waals surface area contributed by atoms with Crippen LogP contribution in [-0.4, -0.2) is 17.0 Å². The van der Waals surface area contributed by atoms with E-state index in [1.165, 1.54) is 5.56 Å². The van der Waals surface area contributed by atoms with Crippen molar-refractivity contribution in [3.63, 3.8) is 0 Å². The number of hydrogen-bond acceptors (Lipinski definition) is 2. The average Bonchev–Trinajstić information content (AvgIpc) is 2.25. The van der Waals surface area contributed by atoms with Crippen LogP contribution in [0, 0.1) is 13.8 Å². The van der Waals surface area contributed by atoms with E-state index in [9.17, 15) is 9.59 Å². The van der Waals surface area contributed by atoms with Gasteiger partial charge in [0.2, 0.25) is 0 Å².